The van der Waals surface area contributed by atoms with Crippen LogP contribution < -0.4 is 5.32 Å². The lowest BCUT2D eigenvalue weighted by atomic mass is 9.86. The molecule has 2 aromatic heterocycles. The van der Waals surface area contributed by atoms with E-state index < -0.39 is 5.97 Å². The number of carbonyl (C=O) groups is 2. The van der Waals surface area contributed by atoms with Gasteiger partial charge in [-0.2, -0.15) is 0 Å². The Kier molecular flexibility index (Phi) is 9.96. The van der Waals surface area contributed by atoms with Crippen molar-refractivity contribution in [2.24, 2.45) is 5.92 Å². The fraction of sp³-hybridized carbons (Fsp3) is 0.429. The van der Waals surface area contributed by atoms with Gasteiger partial charge in [-0.05, 0) is 24.8 Å². The van der Waals surface area contributed by atoms with Crippen LogP contribution >= 0.6 is 23.1 Å². The molecule has 0 atom stereocenters. The summed E-state index contributed by atoms with van der Waals surface area (Å²) in [7, 11) is 0. The lowest BCUT2D eigenvalue weighted by Gasteiger charge is -2.21. The van der Waals surface area contributed by atoms with E-state index >= 15 is 0 Å². The van der Waals surface area contributed by atoms with E-state index in [-0.39, 0.29) is 18.3 Å². The van der Waals surface area contributed by atoms with Crippen molar-refractivity contribution in [2.45, 2.75) is 63.6 Å². The molecule has 0 bridgehead atoms. The number of carbonyl (C=O) groups excluding carboxylic acids is 2. The van der Waals surface area contributed by atoms with E-state index in [1.165, 1.54) is 55.2 Å². The number of thioether (sulfide) groups is 1. The highest BCUT2D eigenvalue weighted by Gasteiger charge is 2.23. The second-order valence-electron chi connectivity index (χ2n) is 9.12. The number of hydrogen-bond donors (Lipinski definition) is 1. The Balaban J connectivity index is 1.42. The van der Waals surface area contributed by atoms with E-state index in [0.717, 1.165) is 35.7 Å². The lowest BCUT2D eigenvalue weighted by Crippen LogP contribution is -2.17. The van der Waals surface area contributed by atoms with Gasteiger partial charge in [-0.3, -0.25) is 4.79 Å². The number of aromatic nitrogens is 3. The summed E-state index contributed by atoms with van der Waals surface area (Å²) in [6.07, 6.45) is 10.5. The predicted molar refractivity (Wildman–Crippen MR) is 150 cm³/mol. The maximum Gasteiger partial charge on any atom is 0.341 e. The summed E-state index contributed by atoms with van der Waals surface area (Å²) in [6.45, 7) is 6.51. The van der Waals surface area contributed by atoms with Crippen molar-refractivity contribution >= 4 is 40.0 Å². The molecular weight excluding hydrogens is 504 g/mol. The Labute approximate surface area is 226 Å². The molecule has 3 aromatic rings. The highest BCUT2D eigenvalue weighted by molar-refractivity contribution is 7.99. The summed E-state index contributed by atoms with van der Waals surface area (Å²) in [5.41, 5.74) is 2.03. The van der Waals surface area contributed by atoms with Gasteiger partial charge in [0.2, 0.25) is 5.91 Å². The monoisotopic (exact) mass is 538 g/mol. The molecule has 1 aliphatic rings. The van der Waals surface area contributed by atoms with Crippen LogP contribution in [0.15, 0.2) is 53.5 Å². The van der Waals surface area contributed by atoms with Gasteiger partial charge in [-0.15, -0.1) is 28.1 Å². The van der Waals surface area contributed by atoms with Crippen LogP contribution in [0.2, 0.25) is 0 Å². The van der Waals surface area contributed by atoms with Crippen molar-refractivity contribution < 1.29 is 14.3 Å². The molecule has 2 heterocycles. The van der Waals surface area contributed by atoms with Crippen molar-refractivity contribution in [3.8, 4) is 11.1 Å². The number of nitrogens with zero attached hydrogens (tertiary/aromatic N) is 3. The molecule has 196 valence electrons. The molecule has 1 fully saturated rings. The molecule has 1 amide bonds. The van der Waals surface area contributed by atoms with E-state index in [1.54, 1.807) is 6.92 Å². The average Bonchev–Trinajstić information content (AvgIpc) is 3.51. The molecule has 1 N–H and O–H groups in total. The first-order chi connectivity index (χ1) is 18.1. The van der Waals surface area contributed by atoms with Crippen molar-refractivity contribution in [3.63, 3.8) is 0 Å². The first-order valence-electron chi connectivity index (χ1n) is 12.9. The SMILES string of the molecule is C=CCn1c(CCC2CCCCC2)nnc1SCC(=O)Nc1scc(-c2ccccc2)c1C(=O)OCC. The molecule has 4 rings (SSSR count). The first-order valence-corrected chi connectivity index (χ1v) is 14.8. The molecule has 1 aromatic carbocycles. The second kappa shape index (κ2) is 13.6. The number of allylic oxidation sites excluding steroid dienone is 1. The number of rotatable bonds is 12. The average molecular weight is 539 g/mol. The quantitative estimate of drug-likeness (QED) is 0.159. The number of aryl methyl sites for hydroxylation is 1. The molecule has 0 unspecified atom stereocenters. The zero-order valence-corrected chi connectivity index (χ0v) is 22.9. The van der Waals surface area contributed by atoms with Gasteiger partial charge >= 0.3 is 5.97 Å². The molecule has 0 aliphatic heterocycles. The van der Waals surface area contributed by atoms with Gasteiger partial charge in [0.1, 0.15) is 16.4 Å². The second-order valence-corrected chi connectivity index (χ2v) is 10.9. The number of nitrogens with one attached hydrogen (secondary N) is 1. The largest absolute Gasteiger partial charge is 0.462 e. The fourth-order valence-electron chi connectivity index (χ4n) is 4.71. The highest BCUT2D eigenvalue weighted by Crippen LogP contribution is 2.36. The van der Waals surface area contributed by atoms with E-state index in [0.29, 0.717) is 22.3 Å². The lowest BCUT2D eigenvalue weighted by molar-refractivity contribution is -0.113. The van der Waals surface area contributed by atoms with Gasteiger partial charge in [-0.25, -0.2) is 4.79 Å². The standard InChI is InChI=1S/C28H34N4O3S2/c1-3-17-32-23(16-15-20-11-7-5-8-12-20)30-31-28(32)37-19-24(33)29-26-25(27(34)35-4-2)22(18-36-26)21-13-9-6-10-14-21/h3,6,9-10,13-14,18,20H,1,4-5,7-8,11-12,15-17,19H2,2H3,(H,29,33). The zero-order valence-electron chi connectivity index (χ0n) is 21.3. The molecule has 0 saturated heterocycles. The number of benzene rings is 1. The number of amides is 1. The third-order valence-corrected chi connectivity index (χ3v) is 8.41. The minimum atomic E-state index is -0.445. The van der Waals surface area contributed by atoms with Crippen LogP contribution in [0.25, 0.3) is 11.1 Å². The molecule has 7 nitrogen and oxygen atoms in total. The smallest absolute Gasteiger partial charge is 0.341 e. The normalized spacial score (nSPS) is 13.9. The minimum absolute atomic E-state index is 0.152. The van der Waals surface area contributed by atoms with Gasteiger partial charge in [-0.1, -0.05) is 80.3 Å². The van der Waals surface area contributed by atoms with Crippen molar-refractivity contribution in [3.05, 3.63) is 59.8 Å². The summed E-state index contributed by atoms with van der Waals surface area (Å²) >= 11 is 2.66. The van der Waals surface area contributed by atoms with Crippen LogP contribution in [-0.2, 0) is 22.5 Å². The van der Waals surface area contributed by atoms with Gasteiger partial charge in [0.15, 0.2) is 5.16 Å². The Bertz CT molecular complexity index is 1200. The zero-order chi connectivity index (χ0) is 26.0. The third-order valence-electron chi connectivity index (χ3n) is 6.55. The maximum atomic E-state index is 12.9. The van der Waals surface area contributed by atoms with Crippen molar-refractivity contribution in [1.29, 1.82) is 0 Å². The molecule has 0 radical (unpaired) electrons. The van der Waals surface area contributed by atoms with Crippen LogP contribution in [-0.4, -0.2) is 39.0 Å². The number of ether oxygens (including phenoxy) is 1. The fourth-order valence-corrected chi connectivity index (χ4v) is 6.45. The Morgan fingerprint density at radius 1 is 1.22 bits per heavy atom. The summed E-state index contributed by atoms with van der Waals surface area (Å²) in [4.78, 5) is 25.7. The topological polar surface area (TPSA) is 86.1 Å². The van der Waals surface area contributed by atoms with E-state index in [4.69, 9.17) is 4.74 Å². The molecule has 37 heavy (non-hydrogen) atoms. The van der Waals surface area contributed by atoms with Gasteiger partial charge in [0.25, 0.3) is 0 Å². The molecule has 1 saturated carbocycles. The van der Waals surface area contributed by atoms with Crippen molar-refractivity contribution in [1.82, 2.24) is 14.8 Å². The Morgan fingerprint density at radius 2 is 2.00 bits per heavy atom. The highest BCUT2D eigenvalue weighted by atomic mass is 32.2. The van der Waals surface area contributed by atoms with E-state index in [2.05, 4.69) is 26.7 Å². The number of esters is 1. The van der Waals surface area contributed by atoms with Gasteiger partial charge in [0, 0.05) is 23.9 Å². The van der Waals surface area contributed by atoms with Crippen LogP contribution in [0.5, 0.6) is 0 Å². The Hall–Kier alpha value is -2.91. The maximum absolute atomic E-state index is 12.9. The minimum Gasteiger partial charge on any atom is -0.462 e. The summed E-state index contributed by atoms with van der Waals surface area (Å²) in [5, 5.41) is 14.8. The van der Waals surface area contributed by atoms with E-state index in [9.17, 15) is 9.59 Å². The number of thiophene rings is 1. The third kappa shape index (κ3) is 7.11. The molecule has 0 spiro atoms. The predicted octanol–water partition coefficient (Wildman–Crippen LogP) is 6.61. The van der Waals surface area contributed by atoms with E-state index in [1.807, 2.05) is 41.8 Å². The van der Waals surface area contributed by atoms with Crippen LogP contribution in [0, 0.1) is 5.92 Å². The Morgan fingerprint density at radius 3 is 2.73 bits per heavy atom. The summed E-state index contributed by atoms with van der Waals surface area (Å²) < 4.78 is 7.34. The number of hydrogen-bond acceptors (Lipinski definition) is 7. The molecule has 9 heteroatoms. The molecule has 1 aliphatic carbocycles. The van der Waals surface area contributed by atoms with Gasteiger partial charge in [0.05, 0.1) is 12.4 Å². The van der Waals surface area contributed by atoms with Crippen molar-refractivity contribution in [2.75, 3.05) is 17.7 Å². The van der Waals surface area contributed by atoms with Gasteiger partial charge < -0.3 is 14.6 Å². The summed E-state index contributed by atoms with van der Waals surface area (Å²) in [5.74, 6) is 1.21. The first kappa shape index (κ1) is 27.1. The van der Waals surface area contributed by atoms with Crippen LogP contribution in [0.4, 0.5) is 5.00 Å². The van der Waals surface area contributed by atoms with Crippen LogP contribution in [0.1, 0.15) is 61.6 Å². The van der Waals surface area contributed by atoms with Crippen LogP contribution in [0.3, 0.4) is 0 Å². The number of anilines is 1. The summed E-state index contributed by atoms with van der Waals surface area (Å²) in [6, 6.07) is 9.63. The molecular formula is C28H34N4O3S2.